The topological polar surface area (TPSA) is 52.6 Å². The lowest BCUT2D eigenvalue weighted by atomic mass is 10.1. The molecule has 2 aromatic carbocycles. The van der Waals surface area contributed by atoms with E-state index in [1.165, 1.54) is 31.4 Å². The molecule has 4 nitrogen and oxygen atoms in total. The maximum Gasteiger partial charge on any atom is 0.340 e. The van der Waals surface area contributed by atoms with Gasteiger partial charge in [-0.15, -0.1) is 0 Å². The Morgan fingerprint density at radius 2 is 1.91 bits per heavy atom. The number of hydrogen-bond donors (Lipinski definition) is 0. The molecule has 7 heteroatoms. The fraction of sp³-hybridized carbons (Fsp3) is 0.125. The van der Waals surface area contributed by atoms with E-state index in [-0.39, 0.29) is 21.9 Å². The van der Waals surface area contributed by atoms with Gasteiger partial charge in [-0.3, -0.25) is 4.79 Å². The largest absolute Gasteiger partial charge is 0.496 e. The minimum Gasteiger partial charge on any atom is -0.496 e. The van der Waals surface area contributed by atoms with Crippen LogP contribution in [0.3, 0.4) is 0 Å². The third-order valence-electron chi connectivity index (χ3n) is 2.94. The van der Waals surface area contributed by atoms with E-state index in [1.54, 1.807) is 6.07 Å². The number of esters is 1. The van der Waals surface area contributed by atoms with Crippen LogP contribution in [0.15, 0.2) is 40.9 Å². The molecule has 0 N–H and O–H groups in total. The summed E-state index contributed by atoms with van der Waals surface area (Å²) in [5.41, 5.74) is 0.126. The van der Waals surface area contributed by atoms with Gasteiger partial charge in [-0.25, -0.2) is 9.18 Å². The molecule has 0 spiro atoms. The van der Waals surface area contributed by atoms with E-state index in [2.05, 4.69) is 15.9 Å². The molecule has 0 saturated heterocycles. The zero-order valence-corrected chi connectivity index (χ0v) is 14.3. The molecule has 2 rings (SSSR count). The van der Waals surface area contributed by atoms with Gasteiger partial charge in [-0.2, -0.15) is 0 Å². The van der Waals surface area contributed by atoms with Crippen LogP contribution in [0.1, 0.15) is 20.7 Å². The summed E-state index contributed by atoms with van der Waals surface area (Å²) in [4.78, 5) is 24.1. The molecule has 0 bridgehead atoms. The van der Waals surface area contributed by atoms with E-state index in [1.807, 2.05) is 0 Å². The summed E-state index contributed by atoms with van der Waals surface area (Å²) in [5, 5.41) is 0.203. The maximum absolute atomic E-state index is 13.3. The van der Waals surface area contributed by atoms with Crippen molar-refractivity contribution in [3.63, 3.8) is 0 Å². The van der Waals surface area contributed by atoms with Crippen molar-refractivity contribution < 1.29 is 23.5 Å². The van der Waals surface area contributed by atoms with Gasteiger partial charge in [0.25, 0.3) is 0 Å². The fourth-order valence-corrected chi connectivity index (χ4v) is 2.39. The minimum absolute atomic E-state index is 0.000592. The van der Waals surface area contributed by atoms with Gasteiger partial charge >= 0.3 is 5.97 Å². The highest BCUT2D eigenvalue weighted by atomic mass is 79.9. The van der Waals surface area contributed by atoms with E-state index >= 15 is 0 Å². The van der Waals surface area contributed by atoms with E-state index < -0.39 is 24.2 Å². The van der Waals surface area contributed by atoms with Crippen LogP contribution in [0.25, 0.3) is 0 Å². The van der Waals surface area contributed by atoms with Crippen LogP contribution in [0, 0.1) is 5.82 Å². The average Bonchev–Trinajstić information content (AvgIpc) is 2.54. The number of Topliss-reactive ketones (excluding diaryl/α,β-unsaturated/α-hetero) is 1. The van der Waals surface area contributed by atoms with Gasteiger partial charge in [0, 0.05) is 4.47 Å². The van der Waals surface area contributed by atoms with Crippen molar-refractivity contribution in [2.75, 3.05) is 13.7 Å². The predicted octanol–water partition coefficient (Wildman–Crippen LogP) is 4.29. The molecule has 0 unspecified atom stereocenters. The van der Waals surface area contributed by atoms with Crippen molar-refractivity contribution in [3.05, 3.63) is 62.8 Å². The Hall–Kier alpha value is -1.92. The summed E-state index contributed by atoms with van der Waals surface area (Å²) in [6, 6.07) is 8.21. The molecule has 0 radical (unpaired) electrons. The Bertz CT molecular complexity index is 764. The molecule has 0 aliphatic carbocycles. The van der Waals surface area contributed by atoms with Crippen LogP contribution in [0.5, 0.6) is 5.75 Å². The molecule has 0 aromatic heterocycles. The molecule has 0 saturated carbocycles. The van der Waals surface area contributed by atoms with Gasteiger partial charge in [-0.05, 0) is 36.4 Å². The summed E-state index contributed by atoms with van der Waals surface area (Å²) in [6.45, 7) is -0.554. The van der Waals surface area contributed by atoms with E-state index in [4.69, 9.17) is 21.1 Å². The number of carbonyl (C=O) groups excluding carboxylic acids is 2. The SMILES string of the molecule is COc1ccc(F)cc1C(=O)COC(=O)c1cc(Br)ccc1Cl. The van der Waals surface area contributed by atoms with Crippen molar-refractivity contribution in [1.29, 1.82) is 0 Å². The number of carbonyl (C=O) groups is 2. The standard InChI is InChI=1S/C16H11BrClFO4/c1-22-15-5-3-10(19)7-12(15)14(20)8-23-16(21)11-6-9(17)2-4-13(11)18/h2-7H,8H2,1H3. The van der Waals surface area contributed by atoms with Gasteiger partial charge in [-0.1, -0.05) is 27.5 Å². The molecular formula is C16H11BrClFO4. The fourth-order valence-electron chi connectivity index (χ4n) is 1.84. The van der Waals surface area contributed by atoms with E-state index in [0.29, 0.717) is 4.47 Å². The zero-order valence-electron chi connectivity index (χ0n) is 11.9. The Kier molecular flexibility index (Phi) is 5.74. The van der Waals surface area contributed by atoms with Crippen LogP contribution in [0.4, 0.5) is 4.39 Å². The highest BCUT2D eigenvalue weighted by Crippen LogP contribution is 2.23. The average molecular weight is 402 g/mol. The summed E-state index contributed by atoms with van der Waals surface area (Å²) in [5.74, 6) is -1.72. The van der Waals surface area contributed by atoms with Gasteiger partial charge < -0.3 is 9.47 Å². The molecule has 0 aliphatic heterocycles. The lowest BCUT2D eigenvalue weighted by Crippen LogP contribution is -2.15. The zero-order chi connectivity index (χ0) is 17.0. The Morgan fingerprint density at radius 3 is 2.61 bits per heavy atom. The summed E-state index contributed by atoms with van der Waals surface area (Å²) in [7, 11) is 1.36. The quantitative estimate of drug-likeness (QED) is 0.554. The van der Waals surface area contributed by atoms with Crippen molar-refractivity contribution in [2.24, 2.45) is 0 Å². The predicted molar refractivity (Wildman–Crippen MR) is 86.7 cm³/mol. The van der Waals surface area contributed by atoms with Crippen molar-refractivity contribution in [3.8, 4) is 5.75 Å². The summed E-state index contributed by atoms with van der Waals surface area (Å²) < 4.78 is 23.9. The lowest BCUT2D eigenvalue weighted by Gasteiger charge is -2.09. The first kappa shape index (κ1) is 17.4. The second-order valence-corrected chi connectivity index (χ2v) is 5.79. The first-order chi connectivity index (χ1) is 10.9. The van der Waals surface area contributed by atoms with Crippen LogP contribution >= 0.6 is 27.5 Å². The number of ether oxygens (including phenoxy) is 2. The molecule has 2 aromatic rings. The summed E-state index contributed by atoms with van der Waals surface area (Å²) in [6.07, 6.45) is 0. The molecule has 0 heterocycles. The highest BCUT2D eigenvalue weighted by molar-refractivity contribution is 9.10. The van der Waals surface area contributed by atoms with Gasteiger partial charge in [0.1, 0.15) is 11.6 Å². The van der Waals surface area contributed by atoms with E-state index in [0.717, 1.165) is 6.07 Å². The van der Waals surface area contributed by atoms with Crippen molar-refractivity contribution >= 4 is 39.3 Å². The Morgan fingerprint density at radius 1 is 1.17 bits per heavy atom. The number of rotatable bonds is 5. The number of hydrogen-bond acceptors (Lipinski definition) is 4. The second-order valence-electron chi connectivity index (χ2n) is 4.47. The molecule has 0 amide bonds. The van der Waals surface area contributed by atoms with Crippen molar-refractivity contribution in [1.82, 2.24) is 0 Å². The molecule has 120 valence electrons. The lowest BCUT2D eigenvalue weighted by molar-refractivity contribution is 0.0474. The van der Waals surface area contributed by atoms with Gasteiger partial charge in [0.2, 0.25) is 5.78 Å². The van der Waals surface area contributed by atoms with Crippen LogP contribution in [-0.2, 0) is 4.74 Å². The van der Waals surface area contributed by atoms with E-state index in [9.17, 15) is 14.0 Å². The van der Waals surface area contributed by atoms with Crippen LogP contribution < -0.4 is 4.74 Å². The maximum atomic E-state index is 13.3. The highest BCUT2D eigenvalue weighted by Gasteiger charge is 2.18. The Labute approximate surface area is 145 Å². The first-order valence-electron chi connectivity index (χ1n) is 6.41. The monoisotopic (exact) mass is 400 g/mol. The smallest absolute Gasteiger partial charge is 0.340 e. The molecule has 23 heavy (non-hydrogen) atoms. The van der Waals surface area contributed by atoms with Crippen LogP contribution in [-0.4, -0.2) is 25.5 Å². The number of benzene rings is 2. The first-order valence-corrected chi connectivity index (χ1v) is 7.58. The minimum atomic E-state index is -0.750. The number of methoxy groups -OCH3 is 1. The third-order valence-corrected chi connectivity index (χ3v) is 3.77. The number of halogens is 3. The number of ketones is 1. The second kappa shape index (κ2) is 7.57. The third kappa shape index (κ3) is 4.30. The normalized spacial score (nSPS) is 10.3. The molecule has 0 aliphatic rings. The molecule has 0 fully saturated rings. The van der Waals surface area contributed by atoms with Gasteiger partial charge in [0.05, 0.1) is 23.3 Å². The Balaban J connectivity index is 2.11. The van der Waals surface area contributed by atoms with Crippen molar-refractivity contribution in [2.45, 2.75) is 0 Å². The molecular weight excluding hydrogens is 391 g/mol. The van der Waals surface area contributed by atoms with Gasteiger partial charge in [0.15, 0.2) is 6.61 Å². The molecule has 0 atom stereocenters. The summed E-state index contributed by atoms with van der Waals surface area (Å²) >= 11 is 9.13. The van der Waals surface area contributed by atoms with Crippen LogP contribution in [0.2, 0.25) is 5.02 Å².